The van der Waals surface area contributed by atoms with Crippen molar-refractivity contribution in [3.8, 4) is 0 Å². The lowest BCUT2D eigenvalue weighted by Crippen LogP contribution is -2.36. The Hall–Kier alpha value is -1.61. The van der Waals surface area contributed by atoms with Gasteiger partial charge in [0.2, 0.25) is 0 Å². The van der Waals surface area contributed by atoms with Crippen LogP contribution in [0.1, 0.15) is 37.6 Å². The van der Waals surface area contributed by atoms with Gasteiger partial charge in [0, 0.05) is 19.6 Å². The molecule has 0 atom stereocenters. The summed E-state index contributed by atoms with van der Waals surface area (Å²) in [6, 6.07) is 0. The van der Waals surface area contributed by atoms with Crippen molar-refractivity contribution in [1.82, 2.24) is 14.5 Å². The fourth-order valence-corrected chi connectivity index (χ4v) is 3.35. The fraction of sp³-hybridized carbons (Fsp3) is 0.571. The molecule has 0 bridgehead atoms. The van der Waals surface area contributed by atoms with E-state index in [4.69, 9.17) is 18.0 Å². The molecular weight excluding hydrogens is 336 g/mol. The van der Waals surface area contributed by atoms with Gasteiger partial charge in [-0.2, -0.15) is 0 Å². The molecular formula is C14H22N4O3S2. The number of nitrogens with zero attached hydrogens (tertiary/aromatic N) is 2. The number of hydrogen-bond donors (Lipinski definition) is 2. The van der Waals surface area contributed by atoms with Crippen molar-refractivity contribution in [3.05, 3.63) is 26.4 Å². The zero-order valence-electron chi connectivity index (χ0n) is 13.5. The number of ketones is 1. The topological polar surface area (TPSA) is 101 Å². The minimum absolute atomic E-state index is 0.00689. The van der Waals surface area contributed by atoms with Crippen LogP contribution in [0.5, 0.6) is 0 Å². The summed E-state index contributed by atoms with van der Waals surface area (Å²) in [6.45, 7) is 7.66. The zero-order chi connectivity index (χ0) is 17.6. The number of carbonyl (C=O) groups excluding carboxylic acids is 1. The van der Waals surface area contributed by atoms with E-state index < -0.39 is 17.0 Å². The number of thioether (sulfide) groups is 1. The van der Waals surface area contributed by atoms with Crippen molar-refractivity contribution in [2.75, 3.05) is 24.6 Å². The predicted molar refractivity (Wildman–Crippen MR) is 98.3 cm³/mol. The van der Waals surface area contributed by atoms with Crippen LogP contribution < -0.4 is 17.0 Å². The monoisotopic (exact) mass is 358 g/mol. The molecule has 1 aromatic rings. The van der Waals surface area contributed by atoms with E-state index in [1.54, 1.807) is 0 Å². The first kappa shape index (κ1) is 19.4. The molecule has 0 aliphatic heterocycles. The van der Waals surface area contributed by atoms with E-state index in [1.165, 1.54) is 16.3 Å². The maximum Gasteiger partial charge on any atom is 0.329 e. The number of thiocarbonyl (C=S) groups is 1. The van der Waals surface area contributed by atoms with E-state index in [2.05, 4.69) is 4.98 Å². The molecule has 0 saturated heterocycles. The SMILES string of the molecule is CCCn1c(N)c(C(=O)CSC(=S)N(CC)CC)c(=O)[nH]c1=O. The van der Waals surface area contributed by atoms with Crippen LogP contribution in [0.4, 0.5) is 5.82 Å². The summed E-state index contributed by atoms with van der Waals surface area (Å²) in [5, 5.41) is 0. The Balaban J connectivity index is 3.01. The van der Waals surface area contributed by atoms with Gasteiger partial charge < -0.3 is 10.6 Å². The third kappa shape index (κ3) is 4.68. The Bertz CT molecular complexity index is 692. The number of nitrogens with two attached hydrogens (primary N) is 1. The first-order valence-corrected chi connectivity index (χ1v) is 8.84. The van der Waals surface area contributed by atoms with Gasteiger partial charge in [-0.25, -0.2) is 4.79 Å². The summed E-state index contributed by atoms with van der Waals surface area (Å²) in [7, 11) is 0. The third-order valence-corrected chi connectivity index (χ3v) is 4.84. The van der Waals surface area contributed by atoms with E-state index in [-0.39, 0.29) is 17.1 Å². The quantitative estimate of drug-likeness (QED) is 0.555. The number of nitrogen functional groups attached to an aromatic ring is 1. The van der Waals surface area contributed by atoms with Crippen LogP contribution >= 0.6 is 24.0 Å². The molecule has 9 heteroatoms. The smallest absolute Gasteiger partial charge is 0.329 e. The lowest BCUT2D eigenvalue weighted by atomic mass is 10.2. The second kappa shape index (κ2) is 8.88. The van der Waals surface area contributed by atoms with Gasteiger partial charge in [-0.15, -0.1) is 0 Å². The molecule has 1 aromatic heterocycles. The van der Waals surface area contributed by atoms with Crippen molar-refractivity contribution in [1.29, 1.82) is 0 Å². The summed E-state index contributed by atoms with van der Waals surface area (Å²) >= 11 is 6.45. The summed E-state index contributed by atoms with van der Waals surface area (Å²) in [5.41, 5.74) is 4.34. The minimum atomic E-state index is -0.751. The van der Waals surface area contributed by atoms with Crippen LogP contribution in [-0.2, 0) is 6.54 Å². The molecule has 0 aromatic carbocycles. The Morgan fingerprint density at radius 3 is 2.43 bits per heavy atom. The standard InChI is InChI=1S/C14H22N4O3S2/c1-4-7-18-11(15)10(12(20)16-13(18)21)9(19)8-23-14(22)17(5-2)6-3/h4-8,15H2,1-3H3,(H,16,20,21). The Kier molecular flexibility index (Phi) is 7.50. The molecule has 1 rings (SSSR count). The molecule has 1 heterocycles. The number of anilines is 1. The van der Waals surface area contributed by atoms with E-state index >= 15 is 0 Å². The lowest BCUT2D eigenvalue weighted by Gasteiger charge is -2.20. The van der Waals surface area contributed by atoms with Crippen LogP contribution in [0.25, 0.3) is 0 Å². The summed E-state index contributed by atoms with van der Waals surface area (Å²) in [6.07, 6.45) is 0.657. The number of rotatable bonds is 7. The first-order valence-electron chi connectivity index (χ1n) is 7.44. The van der Waals surface area contributed by atoms with Crippen LogP contribution in [0, 0.1) is 0 Å². The molecule has 0 radical (unpaired) electrons. The summed E-state index contributed by atoms with van der Waals surface area (Å²) in [5.74, 6) is -0.513. The van der Waals surface area contributed by atoms with Crippen molar-refractivity contribution in [2.24, 2.45) is 0 Å². The van der Waals surface area contributed by atoms with Crippen molar-refractivity contribution in [2.45, 2.75) is 33.7 Å². The molecule has 7 nitrogen and oxygen atoms in total. The molecule has 0 unspecified atom stereocenters. The average Bonchev–Trinajstić information content (AvgIpc) is 2.50. The van der Waals surface area contributed by atoms with Gasteiger partial charge in [-0.3, -0.25) is 19.1 Å². The summed E-state index contributed by atoms with van der Waals surface area (Å²) in [4.78, 5) is 40.1. The largest absolute Gasteiger partial charge is 0.384 e. The minimum Gasteiger partial charge on any atom is -0.384 e. The van der Waals surface area contributed by atoms with Gasteiger partial charge in [0.15, 0.2) is 5.78 Å². The van der Waals surface area contributed by atoms with Crippen LogP contribution in [0.2, 0.25) is 0 Å². The lowest BCUT2D eigenvalue weighted by molar-refractivity contribution is 0.102. The predicted octanol–water partition coefficient (Wildman–Crippen LogP) is 1.07. The molecule has 128 valence electrons. The van der Waals surface area contributed by atoms with E-state index in [9.17, 15) is 14.4 Å². The second-order valence-electron chi connectivity index (χ2n) is 4.82. The highest BCUT2D eigenvalue weighted by Gasteiger charge is 2.20. The van der Waals surface area contributed by atoms with Gasteiger partial charge in [0.25, 0.3) is 5.56 Å². The second-order valence-corrected chi connectivity index (χ2v) is 6.43. The maximum atomic E-state index is 12.3. The number of aromatic nitrogens is 2. The van der Waals surface area contributed by atoms with Crippen molar-refractivity contribution in [3.63, 3.8) is 0 Å². The molecule has 3 N–H and O–H groups in total. The highest BCUT2D eigenvalue weighted by Crippen LogP contribution is 2.13. The van der Waals surface area contributed by atoms with Gasteiger partial charge >= 0.3 is 5.69 Å². The molecule has 0 aliphatic carbocycles. The van der Waals surface area contributed by atoms with Gasteiger partial charge in [-0.05, 0) is 20.3 Å². The highest BCUT2D eigenvalue weighted by atomic mass is 32.2. The van der Waals surface area contributed by atoms with Crippen molar-refractivity contribution >= 4 is 39.9 Å². The molecule has 0 aliphatic rings. The average molecular weight is 358 g/mol. The molecule has 0 spiro atoms. The number of aromatic amines is 1. The van der Waals surface area contributed by atoms with Gasteiger partial charge in [0.1, 0.15) is 15.7 Å². The number of hydrogen-bond acceptors (Lipinski definition) is 6. The van der Waals surface area contributed by atoms with Crippen molar-refractivity contribution < 1.29 is 4.79 Å². The third-order valence-electron chi connectivity index (χ3n) is 3.31. The normalized spacial score (nSPS) is 10.6. The van der Waals surface area contributed by atoms with Gasteiger partial charge in [-0.1, -0.05) is 30.9 Å². The van der Waals surface area contributed by atoms with E-state index in [0.29, 0.717) is 17.3 Å². The number of nitrogens with one attached hydrogen (secondary N) is 1. The molecule has 0 saturated carbocycles. The highest BCUT2D eigenvalue weighted by molar-refractivity contribution is 8.23. The maximum absolute atomic E-state index is 12.3. The Labute approximate surface area is 144 Å². The van der Waals surface area contributed by atoms with Gasteiger partial charge in [0.05, 0.1) is 5.75 Å². The number of Topliss-reactive ketones (excluding diaryl/α,β-unsaturated/α-hetero) is 1. The van der Waals surface area contributed by atoms with E-state index in [1.807, 2.05) is 25.7 Å². The molecule has 0 fully saturated rings. The van der Waals surface area contributed by atoms with Crippen LogP contribution in [-0.4, -0.2) is 43.4 Å². The zero-order valence-corrected chi connectivity index (χ0v) is 15.2. The number of H-pyrrole nitrogens is 1. The molecule has 23 heavy (non-hydrogen) atoms. The molecule has 0 amide bonds. The Morgan fingerprint density at radius 1 is 1.30 bits per heavy atom. The Morgan fingerprint density at radius 2 is 1.91 bits per heavy atom. The summed E-state index contributed by atoms with van der Waals surface area (Å²) < 4.78 is 1.81. The van der Waals surface area contributed by atoms with Crippen LogP contribution in [0.3, 0.4) is 0 Å². The first-order chi connectivity index (χ1) is 10.9. The fourth-order valence-electron chi connectivity index (χ4n) is 2.08. The number of carbonyl (C=O) groups is 1. The van der Waals surface area contributed by atoms with Crippen LogP contribution in [0.15, 0.2) is 9.59 Å². The van der Waals surface area contributed by atoms with E-state index in [0.717, 1.165) is 13.1 Å².